The van der Waals surface area contributed by atoms with Crippen LogP contribution < -0.4 is 0 Å². The molecule has 3 rings (SSSR count). The van der Waals surface area contributed by atoms with Crippen molar-refractivity contribution < 1.29 is 10.2 Å². The maximum Gasteiger partial charge on any atom is 0.0604 e. The summed E-state index contributed by atoms with van der Waals surface area (Å²) in [6.45, 7) is 9.43. The maximum absolute atomic E-state index is 11.4. The third-order valence-corrected chi connectivity index (χ3v) is 8.62. The lowest BCUT2D eigenvalue weighted by molar-refractivity contribution is -0.193. The van der Waals surface area contributed by atoms with Crippen LogP contribution in [0.2, 0.25) is 0 Å². The molecule has 0 bridgehead atoms. The Hall–Kier alpha value is -0.0800. The van der Waals surface area contributed by atoms with Crippen LogP contribution in [0.15, 0.2) is 0 Å². The van der Waals surface area contributed by atoms with E-state index in [4.69, 9.17) is 0 Å². The van der Waals surface area contributed by atoms with Gasteiger partial charge in [-0.25, -0.2) is 0 Å². The fourth-order valence-electron chi connectivity index (χ4n) is 7.46. The molecule has 9 atom stereocenters. The van der Waals surface area contributed by atoms with Gasteiger partial charge in [-0.2, -0.15) is 0 Å². The number of hydrogen-bond donors (Lipinski definition) is 2. The quantitative estimate of drug-likeness (QED) is 0.756. The first kappa shape index (κ1) is 18.7. The van der Waals surface area contributed by atoms with E-state index in [-0.39, 0.29) is 12.2 Å². The standard InChI is InChI=1S/C22H40O2/c1-5-8-17-14(6-2)9-10-18-20(17)21(24)16(7-3)19-13-15(23)11-12-22(18,19)4/h14-21,23-24H,5-13H2,1-4H3/t14?,15-,16-,17?,18?,19+,20?,21-,22-/m1/s1. The van der Waals surface area contributed by atoms with Gasteiger partial charge >= 0.3 is 0 Å². The number of rotatable bonds is 4. The number of fused-ring (bicyclic) bond motifs is 3. The molecule has 2 nitrogen and oxygen atoms in total. The van der Waals surface area contributed by atoms with Crippen molar-refractivity contribution in [1.29, 1.82) is 0 Å². The highest BCUT2D eigenvalue weighted by Crippen LogP contribution is 2.63. The van der Waals surface area contributed by atoms with E-state index in [1.807, 2.05) is 0 Å². The smallest absolute Gasteiger partial charge is 0.0604 e. The fraction of sp³-hybridized carbons (Fsp3) is 1.00. The van der Waals surface area contributed by atoms with E-state index < -0.39 is 0 Å². The molecule has 2 N–H and O–H groups in total. The Labute approximate surface area is 149 Å². The van der Waals surface area contributed by atoms with Gasteiger partial charge < -0.3 is 10.2 Å². The molecule has 0 aromatic rings. The number of hydrogen-bond acceptors (Lipinski definition) is 2. The summed E-state index contributed by atoms with van der Waals surface area (Å²) in [5.41, 5.74) is 0.342. The summed E-state index contributed by atoms with van der Waals surface area (Å²) in [4.78, 5) is 0. The molecule has 0 spiro atoms. The molecule has 3 aliphatic rings. The van der Waals surface area contributed by atoms with Gasteiger partial charge in [0.25, 0.3) is 0 Å². The molecule has 3 fully saturated rings. The van der Waals surface area contributed by atoms with Crippen molar-refractivity contribution in [3.8, 4) is 0 Å². The van der Waals surface area contributed by atoms with Crippen LogP contribution >= 0.6 is 0 Å². The van der Waals surface area contributed by atoms with Gasteiger partial charge in [-0.3, -0.25) is 0 Å². The molecule has 0 radical (unpaired) electrons. The molecule has 0 saturated heterocycles. The third-order valence-electron chi connectivity index (χ3n) is 8.62. The van der Waals surface area contributed by atoms with Crippen LogP contribution in [0.1, 0.15) is 85.5 Å². The number of aliphatic hydroxyl groups is 2. The lowest BCUT2D eigenvalue weighted by Crippen LogP contribution is -2.61. The zero-order valence-electron chi connectivity index (χ0n) is 16.4. The molecule has 0 amide bonds. The van der Waals surface area contributed by atoms with Crippen molar-refractivity contribution in [2.24, 2.45) is 40.9 Å². The molecule has 3 aliphatic carbocycles. The SMILES string of the molecule is CCCC1C(CC)CCC2C1[C@H](O)[C@H](CC)[C@@H]1C[C@H](O)CC[C@]21C. The van der Waals surface area contributed by atoms with Gasteiger partial charge in [-0.05, 0) is 73.0 Å². The Morgan fingerprint density at radius 3 is 2.29 bits per heavy atom. The van der Waals surface area contributed by atoms with Crippen LogP contribution in [0, 0.1) is 40.9 Å². The molecule has 24 heavy (non-hydrogen) atoms. The maximum atomic E-state index is 11.4. The van der Waals surface area contributed by atoms with Gasteiger partial charge in [-0.1, -0.05) is 53.4 Å². The predicted molar refractivity (Wildman–Crippen MR) is 99.6 cm³/mol. The van der Waals surface area contributed by atoms with E-state index in [0.29, 0.717) is 35.0 Å². The Morgan fingerprint density at radius 1 is 0.917 bits per heavy atom. The van der Waals surface area contributed by atoms with E-state index in [1.54, 1.807) is 0 Å². The van der Waals surface area contributed by atoms with Gasteiger partial charge in [0, 0.05) is 0 Å². The molecule has 3 saturated carbocycles. The van der Waals surface area contributed by atoms with Crippen molar-refractivity contribution in [2.75, 3.05) is 0 Å². The topological polar surface area (TPSA) is 40.5 Å². The van der Waals surface area contributed by atoms with Gasteiger partial charge in [0.1, 0.15) is 0 Å². The van der Waals surface area contributed by atoms with Crippen molar-refractivity contribution in [3.05, 3.63) is 0 Å². The highest BCUT2D eigenvalue weighted by Gasteiger charge is 2.60. The van der Waals surface area contributed by atoms with E-state index in [9.17, 15) is 10.2 Å². The summed E-state index contributed by atoms with van der Waals surface area (Å²) in [7, 11) is 0. The minimum Gasteiger partial charge on any atom is -0.393 e. The molecule has 0 aromatic heterocycles. The Kier molecular flexibility index (Phi) is 5.67. The van der Waals surface area contributed by atoms with E-state index >= 15 is 0 Å². The van der Waals surface area contributed by atoms with Crippen molar-refractivity contribution >= 4 is 0 Å². The van der Waals surface area contributed by atoms with Crippen LogP contribution in [0.4, 0.5) is 0 Å². The minimum absolute atomic E-state index is 0.140. The highest BCUT2D eigenvalue weighted by atomic mass is 16.3. The molecule has 140 valence electrons. The first-order valence-electron chi connectivity index (χ1n) is 10.8. The molecular weight excluding hydrogens is 296 g/mol. The zero-order chi connectivity index (χ0) is 17.5. The zero-order valence-corrected chi connectivity index (χ0v) is 16.4. The molecule has 0 aromatic carbocycles. The van der Waals surface area contributed by atoms with Crippen molar-refractivity contribution in [3.63, 3.8) is 0 Å². The predicted octanol–water partition coefficient (Wildman–Crippen LogP) is 5.02. The number of aliphatic hydroxyl groups excluding tert-OH is 2. The lowest BCUT2D eigenvalue weighted by Gasteiger charge is -2.63. The largest absolute Gasteiger partial charge is 0.393 e. The van der Waals surface area contributed by atoms with Gasteiger partial charge in [0.05, 0.1) is 12.2 Å². The van der Waals surface area contributed by atoms with Gasteiger partial charge in [0.15, 0.2) is 0 Å². The summed E-state index contributed by atoms with van der Waals surface area (Å²) >= 11 is 0. The first-order valence-corrected chi connectivity index (χ1v) is 10.8. The van der Waals surface area contributed by atoms with E-state index in [0.717, 1.165) is 25.2 Å². The molecule has 2 heteroatoms. The highest BCUT2D eigenvalue weighted by molar-refractivity contribution is 5.08. The van der Waals surface area contributed by atoms with Gasteiger partial charge in [0.2, 0.25) is 0 Å². The third kappa shape index (κ3) is 2.86. The van der Waals surface area contributed by atoms with E-state index in [2.05, 4.69) is 27.7 Å². The summed E-state index contributed by atoms with van der Waals surface area (Å²) in [6.07, 6.45) is 10.3. The van der Waals surface area contributed by atoms with Crippen LogP contribution in [0.3, 0.4) is 0 Å². The van der Waals surface area contributed by atoms with E-state index in [1.165, 1.54) is 38.5 Å². The fourth-order valence-corrected chi connectivity index (χ4v) is 7.46. The average molecular weight is 337 g/mol. The average Bonchev–Trinajstić information content (AvgIpc) is 2.57. The summed E-state index contributed by atoms with van der Waals surface area (Å²) in [6, 6.07) is 0. The summed E-state index contributed by atoms with van der Waals surface area (Å²) in [5, 5.41) is 21.7. The van der Waals surface area contributed by atoms with Crippen LogP contribution in [0.5, 0.6) is 0 Å². The van der Waals surface area contributed by atoms with Crippen molar-refractivity contribution in [1.82, 2.24) is 0 Å². The Morgan fingerprint density at radius 2 is 1.67 bits per heavy atom. The van der Waals surface area contributed by atoms with Crippen molar-refractivity contribution in [2.45, 2.75) is 97.7 Å². The second kappa shape index (κ2) is 7.27. The molecule has 0 heterocycles. The first-order chi connectivity index (χ1) is 11.5. The van der Waals surface area contributed by atoms with Crippen LogP contribution in [-0.2, 0) is 0 Å². The Balaban J connectivity index is 1.97. The second-order valence-electron chi connectivity index (χ2n) is 9.49. The molecular formula is C22H40O2. The second-order valence-corrected chi connectivity index (χ2v) is 9.49. The lowest BCUT2D eigenvalue weighted by atomic mass is 9.43. The summed E-state index contributed by atoms with van der Waals surface area (Å²) in [5.74, 6) is 3.61. The normalized spacial score (nSPS) is 51.8. The van der Waals surface area contributed by atoms with Crippen LogP contribution in [0.25, 0.3) is 0 Å². The summed E-state index contributed by atoms with van der Waals surface area (Å²) < 4.78 is 0. The van der Waals surface area contributed by atoms with Gasteiger partial charge in [-0.15, -0.1) is 0 Å². The van der Waals surface area contributed by atoms with Crippen LogP contribution in [-0.4, -0.2) is 22.4 Å². The molecule has 0 aliphatic heterocycles. The molecule has 4 unspecified atom stereocenters. The minimum atomic E-state index is -0.144. The Bertz CT molecular complexity index is 422. The monoisotopic (exact) mass is 336 g/mol.